The number of rotatable bonds is 7. The van der Waals surface area contributed by atoms with E-state index in [-0.39, 0.29) is 35.2 Å². The first-order valence-corrected chi connectivity index (χ1v) is 9.65. The molecule has 0 spiro atoms. The van der Waals surface area contributed by atoms with E-state index in [0.29, 0.717) is 11.3 Å². The van der Waals surface area contributed by atoms with Gasteiger partial charge in [-0.1, -0.05) is 12.1 Å². The van der Waals surface area contributed by atoms with Crippen molar-refractivity contribution in [1.82, 2.24) is 15.0 Å². The Balaban J connectivity index is 1.67. The lowest BCUT2D eigenvalue weighted by atomic mass is 9.98. The normalized spacial score (nSPS) is 17.4. The molecule has 11 heteroatoms. The lowest BCUT2D eigenvalue weighted by Crippen LogP contribution is -2.32. The van der Waals surface area contributed by atoms with Crippen LogP contribution in [0.15, 0.2) is 29.4 Å². The fraction of sp³-hybridized carbons (Fsp3) is 0.389. The van der Waals surface area contributed by atoms with Gasteiger partial charge >= 0.3 is 11.8 Å². The maximum absolute atomic E-state index is 12.7. The Labute approximate surface area is 177 Å². The summed E-state index contributed by atoms with van der Waals surface area (Å²) in [7, 11) is 0. The minimum atomic E-state index is -0.962. The highest BCUT2D eigenvalue weighted by Gasteiger charge is 2.46. The largest absolute Gasteiger partial charge is 0.491 e. The molecule has 1 aromatic carbocycles. The molecule has 2 atom stereocenters. The molecule has 3 rings (SSSR count). The minimum absolute atomic E-state index is 0.0317. The molecule has 0 aliphatic carbocycles. The molecule has 2 heterocycles. The van der Waals surface area contributed by atoms with Crippen LogP contribution in [0.1, 0.15) is 32.3 Å². The molecule has 0 saturated heterocycles. The Bertz CT molecular complexity index is 944. The molecule has 1 aliphatic rings. The number of carbonyl (C=O) groups excluding carboxylic acids is 2. The van der Waals surface area contributed by atoms with E-state index in [2.05, 4.69) is 25.4 Å². The lowest BCUT2D eigenvalue weighted by Gasteiger charge is -2.11. The van der Waals surface area contributed by atoms with Crippen molar-refractivity contribution >= 4 is 41.0 Å². The van der Waals surface area contributed by atoms with Crippen molar-refractivity contribution in [2.24, 2.45) is 5.11 Å². The van der Waals surface area contributed by atoms with Gasteiger partial charge in [-0.15, -0.1) is 0 Å². The van der Waals surface area contributed by atoms with Gasteiger partial charge in [-0.2, -0.15) is 15.0 Å². The monoisotopic (exact) mass is 437 g/mol. The van der Waals surface area contributed by atoms with Crippen LogP contribution in [0, 0.1) is 0 Å². The molecule has 1 aromatic heterocycles. The van der Waals surface area contributed by atoms with Gasteiger partial charge in [0.1, 0.15) is 5.75 Å². The molecule has 0 bridgehead atoms. The Morgan fingerprint density at radius 2 is 1.69 bits per heavy atom. The third-order valence-electron chi connectivity index (χ3n) is 3.96. The third kappa shape index (κ3) is 5.24. The molecule has 0 radical (unpaired) electrons. The van der Waals surface area contributed by atoms with Crippen LogP contribution in [0.5, 0.6) is 5.75 Å². The number of amides is 2. The summed E-state index contributed by atoms with van der Waals surface area (Å²) in [5, 5.41) is 6.73. The highest BCUT2D eigenvalue weighted by atomic mass is 35.5. The van der Waals surface area contributed by atoms with E-state index in [9.17, 15) is 9.59 Å². The zero-order valence-corrected chi connectivity index (χ0v) is 17.5. The van der Waals surface area contributed by atoms with Crippen LogP contribution in [0.25, 0.3) is 0 Å². The minimum Gasteiger partial charge on any atom is -0.491 e. The zero-order chi connectivity index (χ0) is 21.1. The molecule has 29 heavy (non-hydrogen) atoms. The number of ether oxygens (including phenoxy) is 1. The first kappa shape index (κ1) is 21.1. The molecule has 2 amide bonds. The predicted molar refractivity (Wildman–Crippen MR) is 105 cm³/mol. The van der Waals surface area contributed by atoms with Crippen LogP contribution in [0.4, 0.5) is 5.95 Å². The molecular formula is C18H19Cl2N6O3+. The molecule has 0 saturated carbocycles. The first-order valence-electron chi connectivity index (χ1n) is 8.90. The van der Waals surface area contributed by atoms with Crippen LogP contribution < -0.4 is 10.1 Å². The number of nitrogens with one attached hydrogen (secondary N) is 1. The van der Waals surface area contributed by atoms with E-state index in [1.807, 2.05) is 13.8 Å². The van der Waals surface area contributed by atoms with Gasteiger partial charge in [0, 0.05) is 5.11 Å². The van der Waals surface area contributed by atoms with Crippen LogP contribution in [-0.2, 0) is 9.59 Å². The zero-order valence-electron chi connectivity index (χ0n) is 16.0. The number of anilines is 1. The van der Waals surface area contributed by atoms with Gasteiger partial charge in [-0.05, 0) is 66.4 Å². The summed E-state index contributed by atoms with van der Waals surface area (Å²) in [6.07, 6.45) is 0.0317. The summed E-state index contributed by atoms with van der Waals surface area (Å²) in [4.78, 5) is 36.6. The van der Waals surface area contributed by atoms with Gasteiger partial charge in [-0.25, -0.2) is 4.79 Å². The molecule has 1 aliphatic heterocycles. The Morgan fingerprint density at radius 3 is 2.28 bits per heavy atom. The fourth-order valence-corrected chi connectivity index (χ4v) is 3.19. The number of hydrogen-bond acceptors (Lipinski definition) is 7. The van der Waals surface area contributed by atoms with Gasteiger partial charge in [0.25, 0.3) is 0 Å². The summed E-state index contributed by atoms with van der Waals surface area (Å²) < 4.78 is 6.73. The summed E-state index contributed by atoms with van der Waals surface area (Å²) in [6, 6.07) is 6.54. The number of benzene rings is 1. The fourth-order valence-electron chi connectivity index (χ4n) is 2.82. The Hall–Kier alpha value is -2.65. The van der Waals surface area contributed by atoms with Crippen molar-refractivity contribution in [1.29, 1.82) is 0 Å². The highest BCUT2D eigenvalue weighted by Crippen LogP contribution is 2.26. The van der Waals surface area contributed by atoms with Crippen LogP contribution in [-0.4, -0.2) is 50.2 Å². The van der Waals surface area contributed by atoms with Crippen molar-refractivity contribution in [3.8, 4) is 5.75 Å². The van der Waals surface area contributed by atoms with Crippen molar-refractivity contribution < 1.29 is 19.0 Å². The van der Waals surface area contributed by atoms with Crippen molar-refractivity contribution in [2.45, 2.75) is 38.8 Å². The number of halogens is 2. The van der Waals surface area contributed by atoms with Gasteiger partial charge in [0.05, 0.1) is 12.1 Å². The average Bonchev–Trinajstić information content (AvgIpc) is 2.88. The van der Waals surface area contributed by atoms with E-state index < -0.39 is 17.7 Å². The summed E-state index contributed by atoms with van der Waals surface area (Å²) in [6.45, 7) is 5.76. The molecular weight excluding hydrogens is 419 g/mol. The van der Waals surface area contributed by atoms with Crippen LogP contribution >= 0.6 is 23.2 Å². The van der Waals surface area contributed by atoms with Gasteiger partial charge in [0.15, 0.2) is 12.5 Å². The Kier molecular flexibility index (Phi) is 6.39. The van der Waals surface area contributed by atoms with E-state index in [4.69, 9.17) is 27.9 Å². The third-order valence-corrected chi connectivity index (χ3v) is 4.29. The molecule has 2 aromatic rings. The number of carbonyl (C=O) groups is 2. The van der Waals surface area contributed by atoms with Crippen LogP contribution in [0.3, 0.4) is 0 Å². The molecule has 152 valence electrons. The number of nitrogens with zero attached hydrogens (tertiary/aromatic N) is 5. The summed E-state index contributed by atoms with van der Waals surface area (Å²) in [5.74, 6) is -1.03. The second-order valence-electron chi connectivity index (χ2n) is 6.77. The lowest BCUT2D eigenvalue weighted by molar-refractivity contribution is -0.504. The second kappa shape index (κ2) is 8.79. The van der Waals surface area contributed by atoms with E-state index in [1.54, 1.807) is 31.2 Å². The average molecular weight is 438 g/mol. The topological polar surface area (TPSA) is 109 Å². The van der Waals surface area contributed by atoms with E-state index in [1.165, 1.54) is 0 Å². The summed E-state index contributed by atoms with van der Waals surface area (Å²) in [5.41, 5.74) is 0.569. The number of aromatic nitrogens is 3. The first-order chi connectivity index (χ1) is 13.7. The van der Waals surface area contributed by atoms with Gasteiger partial charge < -0.3 is 10.1 Å². The maximum atomic E-state index is 12.7. The Morgan fingerprint density at radius 1 is 1.07 bits per heavy atom. The SMILES string of the molecule is CC(C[N+]1=NC(=O)C(c2ccc(OC(C)C)cc2)C1=O)Nc1nc(Cl)nc(Cl)n1. The molecule has 9 nitrogen and oxygen atoms in total. The quantitative estimate of drug-likeness (QED) is 0.523. The molecule has 0 fully saturated rings. The summed E-state index contributed by atoms with van der Waals surface area (Å²) >= 11 is 11.5. The van der Waals surface area contributed by atoms with Crippen molar-refractivity contribution in [3.05, 3.63) is 40.4 Å². The van der Waals surface area contributed by atoms with Gasteiger partial charge in [-0.3, -0.25) is 4.79 Å². The standard InChI is InChI=1S/C18H19Cl2N6O3/c1-9(2)29-12-6-4-11(5-7-12)13-14(27)25-26(15(13)28)8-10(3)21-18-23-16(19)22-17(20)24-18/h4-7,9-10,13H,8H2,1-3H3,(H,21,22,23,24)/q+1. The van der Waals surface area contributed by atoms with Crippen LogP contribution in [0.2, 0.25) is 10.6 Å². The smallest absolute Gasteiger partial charge is 0.429 e. The van der Waals surface area contributed by atoms with Gasteiger partial charge in [0.2, 0.25) is 16.5 Å². The predicted octanol–water partition coefficient (Wildman–Crippen LogP) is 3.08. The van der Waals surface area contributed by atoms with E-state index in [0.717, 1.165) is 4.70 Å². The maximum Gasteiger partial charge on any atom is 0.429 e. The van der Waals surface area contributed by atoms with E-state index >= 15 is 0 Å². The van der Waals surface area contributed by atoms with Crippen molar-refractivity contribution in [3.63, 3.8) is 0 Å². The number of hydrogen-bond donors (Lipinski definition) is 1. The second-order valence-corrected chi connectivity index (χ2v) is 7.45. The number of azo groups is 2. The van der Waals surface area contributed by atoms with Crippen molar-refractivity contribution in [2.75, 3.05) is 11.9 Å². The molecule has 1 N–H and O–H groups in total. The molecule has 2 unspecified atom stereocenters. The highest BCUT2D eigenvalue weighted by molar-refractivity contribution is 6.31.